The normalized spacial score (nSPS) is 19.8. The van der Waals surface area contributed by atoms with Crippen LogP contribution in [0.5, 0.6) is 0 Å². The van der Waals surface area contributed by atoms with Crippen LogP contribution in [0, 0.1) is 19.8 Å². The Hall–Kier alpha value is -1.19. The van der Waals surface area contributed by atoms with Gasteiger partial charge in [-0.15, -0.1) is 35.3 Å². The Balaban J connectivity index is 0.00000280. The largest absolute Gasteiger partial charge is 0.373 e. The van der Waals surface area contributed by atoms with E-state index in [1.54, 1.807) is 11.3 Å². The highest BCUT2D eigenvalue weighted by atomic mass is 127. The van der Waals surface area contributed by atoms with E-state index in [0.717, 1.165) is 44.2 Å². The summed E-state index contributed by atoms with van der Waals surface area (Å²) < 4.78 is 6.09. The van der Waals surface area contributed by atoms with Crippen LogP contribution in [0.4, 0.5) is 0 Å². The lowest BCUT2D eigenvalue weighted by Crippen LogP contribution is -2.42. The summed E-state index contributed by atoms with van der Waals surface area (Å²) in [4.78, 5) is 10.3. The molecule has 0 saturated carbocycles. The molecule has 3 rings (SSSR count). The van der Waals surface area contributed by atoms with E-state index < -0.39 is 0 Å². The third-order valence-corrected chi connectivity index (χ3v) is 6.16. The van der Waals surface area contributed by atoms with Crippen molar-refractivity contribution in [3.8, 4) is 0 Å². The fourth-order valence-electron chi connectivity index (χ4n) is 3.45. The first-order valence-corrected chi connectivity index (χ1v) is 10.5. The second-order valence-electron chi connectivity index (χ2n) is 6.98. The van der Waals surface area contributed by atoms with Crippen LogP contribution in [0.1, 0.15) is 40.1 Å². The van der Waals surface area contributed by atoms with Gasteiger partial charge >= 0.3 is 0 Å². The van der Waals surface area contributed by atoms with Gasteiger partial charge in [0.15, 0.2) is 5.96 Å². The molecule has 2 heterocycles. The van der Waals surface area contributed by atoms with Crippen LogP contribution in [-0.4, -0.2) is 37.7 Å². The number of halogens is 1. The van der Waals surface area contributed by atoms with Gasteiger partial charge in [0.1, 0.15) is 0 Å². The number of hydrogen-bond donors (Lipinski definition) is 2. The van der Waals surface area contributed by atoms with Crippen LogP contribution in [0.2, 0.25) is 0 Å². The van der Waals surface area contributed by atoms with E-state index in [0.29, 0.717) is 5.92 Å². The van der Waals surface area contributed by atoms with Gasteiger partial charge in [-0.2, -0.15) is 0 Å². The molecule has 5 nitrogen and oxygen atoms in total. The predicted octanol–water partition coefficient (Wildman–Crippen LogP) is 4.25. The Morgan fingerprint density at radius 1 is 1.25 bits per heavy atom. The summed E-state index contributed by atoms with van der Waals surface area (Å²) in [6.45, 7) is 6.72. The molecule has 0 radical (unpaired) electrons. The van der Waals surface area contributed by atoms with Crippen molar-refractivity contribution in [1.29, 1.82) is 0 Å². The molecule has 28 heavy (non-hydrogen) atoms. The lowest BCUT2D eigenvalue weighted by molar-refractivity contribution is -0.0265. The predicted molar refractivity (Wildman–Crippen MR) is 128 cm³/mol. The molecule has 7 heteroatoms. The molecule has 1 aliphatic heterocycles. The number of aliphatic imine (C=N–C) groups is 1. The summed E-state index contributed by atoms with van der Waals surface area (Å²) in [5.41, 5.74) is 2.41. The Kier molecular flexibility index (Phi) is 9.67. The van der Waals surface area contributed by atoms with Crippen LogP contribution in [0.25, 0.3) is 0 Å². The summed E-state index contributed by atoms with van der Waals surface area (Å²) in [7, 11) is 1.82. The average Bonchev–Trinajstić information content (AvgIpc) is 3.03. The zero-order valence-electron chi connectivity index (χ0n) is 16.9. The number of nitrogens with one attached hydrogen (secondary N) is 2. The van der Waals surface area contributed by atoms with Crippen LogP contribution < -0.4 is 10.6 Å². The monoisotopic (exact) mass is 514 g/mol. The van der Waals surface area contributed by atoms with Gasteiger partial charge in [-0.1, -0.05) is 30.3 Å². The van der Waals surface area contributed by atoms with Gasteiger partial charge in [0.25, 0.3) is 0 Å². The maximum atomic E-state index is 6.09. The number of thiazole rings is 1. The highest BCUT2D eigenvalue weighted by molar-refractivity contribution is 14.0. The molecule has 1 aliphatic rings. The number of hydrogen-bond acceptors (Lipinski definition) is 4. The number of ether oxygens (including phenoxy) is 1. The van der Waals surface area contributed by atoms with Gasteiger partial charge in [0.2, 0.25) is 0 Å². The fourth-order valence-corrected chi connectivity index (χ4v) is 4.38. The van der Waals surface area contributed by atoms with Crippen LogP contribution in [-0.2, 0) is 11.2 Å². The summed E-state index contributed by atoms with van der Waals surface area (Å²) >= 11 is 1.78. The summed E-state index contributed by atoms with van der Waals surface area (Å²) in [6.07, 6.45) is 3.36. The van der Waals surface area contributed by atoms with Crippen LogP contribution in [0.3, 0.4) is 0 Å². The van der Waals surface area contributed by atoms with E-state index in [2.05, 4.69) is 64.8 Å². The van der Waals surface area contributed by atoms with Crippen molar-refractivity contribution < 1.29 is 4.74 Å². The zero-order valence-corrected chi connectivity index (χ0v) is 20.1. The van der Waals surface area contributed by atoms with Crippen molar-refractivity contribution in [2.45, 2.75) is 39.2 Å². The first kappa shape index (κ1) is 23.1. The van der Waals surface area contributed by atoms with Gasteiger partial charge in [0.05, 0.1) is 16.8 Å². The number of guanidine groups is 1. The summed E-state index contributed by atoms with van der Waals surface area (Å²) in [6, 6.07) is 10.5. The lowest BCUT2D eigenvalue weighted by atomic mass is 9.89. The highest BCUT2D eigenvalue weighted by Crippen LogP contribution is 2.33. The van der Waals surface area contributed by atoms with Gasteiger partial charge in [0, 0.05) is 44.0 Å². The Morgan fingerprint density at radius 3 is 2.71 bits per heavy atom. The van der Waals surface area contributed by atoms with Crippen LogP contribution >= 0.6 is 35.3 Å². The van der Waals surface area contributed by atoms with Crippen molar-refractivity contribution in [2.24, 2.45) is 10.9 Å². The SMILES string of the molecule is CN=C(NCCc1nc(C)c(C)s1)NCC1CCCOC1c1ccccc1.I. The fraction of sp³-hybridized carbons (Fsp3) is 0.524. The maximum absolute atomic E-state index is 6.09. The van der Waals surface area contributed by atoms with E-state index in [9.17, 15) is 0 Å². The summed E-state index contributed by atoms with van der Waals surface area (Å²) in [5, 5.41) is 8.07. The number of aryl methyl sites for hydroxylation is 2. The number of benzene rings is 1. The quantitative estimate of drug-likeness (QED) is 0.344. The van der Waals surface area contributed by atoms with Crippen molar-refractivity contribution in [3.05, 3.63) is 51.5 Å². The molecule has 2 N–H and O–H groups in total. The van der Waals surface area contributed by atoms with Crippen molar-refractivity contribution in [1.82, 2.24) is 15.6 Å². The third kappa shape index (κ3) is 6.42. The van der Waals surface area contributed by atoms with E-state index in [1.165, 1.54) is 21.9 Å². The molecule has 2 unspecified atom stereocenters. The average molecular weight is 514 g/mol. The van der Waals surface area contributed by atoms with E-state index in [4.69, 9.17) is 4.74 Å². The standard InChI is InChI=1S/C21H30N4OS.HI/c1-15-16(2)27-19(25-15)11-12-23-21(22-3)24-14-18-10-7-13-26-20(18)17-8-5-4-6-9-17;/h4-6,8-9,18,20H,7,10-14H2,1-3H3,(H2,22,23,24);1H. The van der Waals surface area contributed by atoms with E-state index in [-0.39, 0.29) is 30.1 Å². The number of nitrogens with zero attached hydrogens (tertiary/aromatic N) is 2. The second-order valence-corrected chi connectivity index (χ2v) is 8.27. The molecule has 0 bridgehead atoms. The van der Waals surface area contributed by atoms with Crippen molar-refractivity contribution in [2.75, 3.05) is 26.7 Å². The molecule has 1 aromatic heterocycles. The minimum Gasteiger partial charge on any atom is -0.373 e. The molecule has 2 aromatic rings. The molecule has 1 saturated heterocycles. The molecular formula is C21H31IN4OS. The molecule has 0 aliphatic carbocycles. The maximum Gasteiger partial charge on any atom is 0.191 e. The Morgan fingerprint density at radius 2 is 2.04 bits per heavy atom. The van der Waals surface area contributed by atoms with Crippen LogP contribution in [0.15, 0.2) is 35.3 Å². The molecule has 2 atom stereocenters. The highest BCUT2D eigenvalue weighted by Gasteiger charge is 2.27. The summed E-state index contributed by atoms with van der Waals surface area (Å²) in [5.74, 6) is 1.29. The number of rotatable bonds is 6. The molecule has 154 valence electrons. The van der Waals surface area contributed by atoms with Gasteiger partial charge in [-0.25, -0.2) is 4.98 Å². The molecule has 1 fully saturated rings. The minimum atomic E-state index is 0. The van der Waals surface area contributed by atoms with Crippen molar-refractivity contribution >= 4 is 41.3 Å². The molecule has 0 amide bonds. The first-order valence-electron chi connectivity index (χ1n) is 9.71. The minimum absolute atomic E-state index is 0. The zero-order chi connectivity index (χ0) is 19.1. The molecule has 0 spiro atoms. The van der Waals surface area contributed by atoms with Gasteiger partial charge in [-0.3, -0.25) is 4.99 Å². The lowest BCUT2D eigenvalue weighted by Gasteiger charge is -2.32. The van der Waals surface area contributed by atoms with Gasteiger partial charge < -0.3 is 15.4 Å². The smallest absolute Gasteiger partial charge is 0.191 e. The topological polar surface area (TPSA) is 58.5 Å². The van der Waals surface area contributed by atoms with E-state index >= 15 is 0 Å². The molecular weight excluding hydrogens is 483 g/mol. The first-order chi connectivity index (χ1) is 13.2. The Bertz CT molecular complexity index is 731. The Labute approximate surface area is 189 Å². The third-order valence-electron chi connectivity index (χ3n) is 5.03. The van der Waals surface area contributed by atoms with Gasteiger partial charge in [-0.05, 0) is 32.3 Å². The second kappa shape index (κ2) is 11.7. The van der Waals surface area contributed by atoms with Crippen molar-refractivity contribution in [3.63, 3.8) is 0 Å². The number of aromatic nitrogens is 1. The molecule has 1 aromatic carbocycles. The van der Waals surface area contributed by atoms with E-state index in [1.807, 2.05) is 7.05 Å².